The number of ether oxygens (including phenoxy) is 1. The van der Waals surface area contributed by atoms with Crippen LogP contribution in [0.3, 0.4) is 0 Å². The summed E-state index contributed by atoms with van der Waals surface area (Å²) < 4.78 is 5.10. The van der Waals surface area contributed by atoms with Crippen molar-refractivity contribution in [2.24, 2.45) is 5.73 Å². The van der Waals surface area contributed by atoms with Crippen molar-refractivity contribution >= 4 is 0 Å². The van der Waals surface area contributed by atoms with Gasteiger partial charge in [0.25, 0.3) is 0 Å². The lowest BCUT2D eigenvalue weighted by Crippen LogP contribution is -2.05. The van der Waals surface area contributed by atoms with Crippen LogP contribution in [0.1, 0.15) is 6.92 Å². The zero-order valence-corrected chi connectivity index (χ0v) is 5.76. The van der Waals surface area contributed by atoms with Crippen molar-refractivity contribution in [3.05, 3.63) is 24.5 Å². The molecule has 0 aromatic heterocycles. The van der Waals surface area contributed by atoms with Gasteiger partial charge >= 0.3 is 0 Å². The molecule has 0 saturated heterocycles. The van der Waals surface area contributed by atoms with Crippen molar-refractivity contribution in [1.29, 1.82) is 0 Å². The van der Waals surface area contributed by atoms with Crippen LogP contribution in [0.25, 0.3) is 0 Å². The Morgan fingerprint density at radius 2 is 2.44 bits per heavy atom. The maximum absolute atomic E-state index is 5.30. The minimum absolute atomic E-state index is 0.444. The van der Waals surface area contributed by atoms with E-state index in [1.165, 1.54) is 0 Å². The van der Waals surface area contributed by atoms with Gasteiger partial charge in [-0.2, -0.15) is 0 Å². The van der Waals surface area contributed by atoms with Gasteiger partial charge in [0, 0.05) is 0 Å². The Hall–Kier alpha value is -0.760. The minimum atomic E-state index is 0.444. The highest BCUT2D eigenvalue weighted by atomic mass is 16.5. The minimum Gasteiger partial charge on any atom is -0.497 e. The Labute approximate surface area is 56.0 Å². The molecule has 0 radical (unpaired) electrons. The van der Waals surface area contributed by atoms with Crippen LogP contribution in [0.5, 0.6) is 0 Å². The largest absolute Gasteiger partial charge is 0.497 e. The summed E-state index contributed by atoms with van der Waals surface area (Å²) in [5, 5.41) is 0. The van der Waals surface area contributed by atoms with Crippen molar-refractivity contribution in [3.8, 4) is 0 Å². The Bertz CT molecular complexity index is 107. The normalized spacial score (nSPS) is 11.1. The van der Waals surface area contributed by atoms with Gasteiger partial charge in [0.05, 0.1) is 13.2 Å². The first-order valence-corrected chi connectivity index (χ1v) is 2.99. The van der Waals surface area contributed by atoms with Crippen LogP contribution >= 0.6 is 0 Å². The fourth-order valence-electron chi connectivity index (χ4n) is 0.492. The van der Waals surface area contributed by atoms with E-state index in [4.69, 9.17) is 10.5 Å². The molecule has 0 unspecified atom stereocenters. The highest BCUT2D eigenvalue weighted by molar-refractivity contribution is 5.04. The van der Waals surface area contributed by atoms with Crippen LogP contribution in [-0.2, 0) is 4.74 Å². The molecule has 0 spiro atoms. The summed E-state index contributed by atoms with van der Waals surface area (Å²) in [5.41, 5.74) is 5.30. The second-order valence-corrected chi connectivity index (χ2v) is 1.51. The summed E-state index contributed by atoms with van der Waals surface area (Å²) in [6, 6.07) is 0. The van der Waals surface area contributed by atoms with Gasteiger partial charge in [0.2, 0.25) is 0 Å². The second kappa shape index (κ2) is 5.38. The van der Waals surface area contributed by atoms with E-state index in [1.807, 2.05) is 6.92 Å². The molecule has 0 aliphatic carbocycles. The fourth-order valence-corrected chi connectivity index (χ4v) is 0.492. The molecule has 52 valence electrons. The molecule has 0 bridgehead atoms. The molecule has 2 N–H and O–H groups in total. The van der Waals surface area contributed by atoms with Gasteiger partial charge in [-0.25, -0.2) is 0 Å². The van der Waals surface area contributed by atoms with Gasteiger partial charge < -0.3 is 10.5 Å². The predicted molar refractivity (Wildman–Crippen MR) is 39.0 cm³/mol. The maximum Gasteiger partial charge on any atom is 0.109 e. The number of nitrogens with two attached hydrogens (primary N) is 1. The highest BCUT2D eigenvalue weighted by Crippen LogP contribution is 1.92. The summed E-state index contributed by atoms with van der Waals surface area (Å²) >= 11 is 0. The quantitative estimate of drug-likeness (QED) is 0.452. The molecule has 0 aromatic carbocycles. The zero-order chi connectivity index (χ0) is 7.11. The fraction of sp³-hybridized carbons (Fsp3) is 0.429. The zero-order valence-electron chi connectivity index (χ0n) is 5.76. The third-order valence-corrected chi connectivity index (χ3v) is 0.835. The third-order valence-electron chi connectivity index (χ3n) is 0.835. The monoisotopic (exact) mass is 127 g/mol. The molecule has 0 saturated carbocycles. The topological polar surface area (TPSA) is 35.2 Å². The molecule has 0 aliphatic rings. The first kappa shape index (κ1) is 8.24. The van der Waals surface area contributed by atoms with Gasteiger partial charge in [-0.15, -0.1) is 0 Å². The van der Waals surface area contributed by atoms with E-state index in [0.717, 1.165) is 5.76 Å². The van der Waals surface area contributed by atoms with E-state index in [2.05, 4.69) is 6.58 Å². The van der Waals surface area contributed by atoms with Gasteiger partial charge in [0.15, 0.2) is 0 Å². The van der Waals surface area contributed by atoms with E-state index < -0.39 is 0 Å². The van der Waals surface area contributed by atoms with Crippen LogP contribution in [-0.4, -0.2) is 13.2 Å². The summed E-state index contributed by atoms with van der Waals surface area (Å²) in [4.78, 5) is 0. The predicted octanol–water partition coefficient (Wildman–Crippen LogP) is 1.05. The second-order valence-electron chi connectivity index (χ2n) is 1.51. The van der Waals surface area contributed by atoms with Crippen LogP contribution in [0.4, 0.5) is 0 Å². The van der Waals surface area contributed by atoms with Crippen LogP contribution < -0.4 is 5.73 Å². The van der Waals surface area contributed by atoms with Crippen molar-refractivity contribution < 1.29 is 4.74 Å². The maximum atomic E-state index is 5.30. The molecule has 0 aliphatic heterocycles. The summed E-state index contributed by atoms with van der Waals surface area (Å²) in [5.74, 6) is 0.785. The van der Waals surface area contributed by atoms with E-state index in [-0.39, 0.29) is 0 Å². The van der Waals surface area contributed by atoms with Crippen molar-refractivity contribution in [2.75, 3.05) is 13.2 Å². The molecular formula is C7H13NO. The molecule has 0 fully saturated rings. The number of hydrogen-bond acceptors (Lipinski definition) is 2. The lowest BCUT2D eigenvalue weighted by Gasteiger charge is -2.02. The summed E-state index contributed by atoms with van der Waals surface area (Å²) in [6.45, 7) is 6.55. The number of rotatable bonds is 4. The molecule has 0 atom stereocenters. The van der Waals surface area contributed by atoms with Crippen LogP contribution in [0.15, 0.2) is 24.5 Å². The molecule has 2 heteroatoms. The number of allylic oxidation sites excluding steroid dienone is 2. The van der Waals surface area contributed by atoms with E-state index in [0.29, 0.717) is 13.2 Å². The molecule has 0 aromatic rings. The number of hydrogen-bond donors (Lipinski definition) is 1. The average Bonchev–Trinajstić information content (AvgIpc) is 1.88. The Morgan fingerprint density at radius 3 is 2.78 bits per heavy atom. The van der Waals surface area contributed by atoms with Crippen LogP contribution in [0.2, 0.25) is 0 Å². The molecule has 0 amide bonds. The molecule has 0 rings (SSSR count). The lowest BCUT2D eigenvalue weighted by molar-refractivity contribution is 0.226. The van der Waals surface area contributed by atoms with Crippen LogP contribution in [0, 0.1) is 0 Å². The smallest absolute Gasteiger partial charge is 0.109 e. The van der Waals surface area contributed by atoms with Gasteiger partial charge in [-0.1, -0.05) is 12.7 Å². The molecule has 9 heavy (non-hydrogen) atoms. The van der Waals surface area contributed by atoms with Crippen molar-refractivity contribution in [3.63, 3.8) is 0 Å². The average molecular weight is 127 g/mol. The van der Waals surface area contributed by atoms with Crippen molar-refractivity contribution in [1.82, 2.24) is 0 Å². The highest BCUT2D eigenvalue weighted by Gasteiger charge is 1.87. The summed E-state index contributed by atoms with van der Waals surface area (Å²) in [7, 11) is 0. The summed E-state index contributed by atoms with van der Waals surface area (Å²) in [6.07, 6.45) is 3.43. The van der Waals surface area contributed by atoms with Gasteiger partial charge in [-0.3, -0.25) is 0 Å². The Kier molecular flexibility index (Phi) is 4.92. The Morgan fingerprint density at radius 1 is 1.78 bits per heavy atom. The standard InChI is InChI=1S/C7H13NO/c1-3-5-7(6-8)9-4-2/h3,5H,1,4,6,8H2,2H3/b7-5-. The van der Waals surface area contributed by atoms with E-state index in [1.54, 1.807) is 12.2 Å². The van der Waals surface area contributed by atoms with E-state index in [9.17, 15) is 0 Å². The van der Waals surface area contributed by atoms with Gasteiger partial charge in [0.1, 0.15) is 5.76 Å². The first-order valence-electron chi connectivity index (χ1n) is 2.99. The SMILES string of the molecule is C=C/C=C(/CN)OCC. The third kappa shape index (κ3) is 3.79. The lowest BCUT2D eigenvalue weighted by atomic mass is 10.4. The Balaban J connectivity index is 3.66. The van der Waals surface area contributed by atoms with Gasteiger partial charge in [-0.05, 0) is 13.0 Å². The molecular weight excluding hydrogens is 114 g/mol. The van der Waals surface area contributed by atoms with Crippen molar-refractivity contribution in [2.45, 2.75) is 6.92 Å². The first-order chi connectivity index (χ1) is 4.35. The molecule has 2 nitrogen and oxygen atoms in total. The molecule has 0 heterocycles. The van der Waals surface area contributed by atoms with E-state index >= 15 is 0 Å².